The maximum atomic E-state index is 12.2. The molecule has 3 heterocycles. The molecule has 31 heavy (non-hydrogen) atoms. The molecule has 0 aliphatic carbocycles. The van der Waals surface area contributed by atoms with Crippen molar-refractivity contribution in [3.8, 4) is 0 Å². The summed E-state index contributed by atoms with van der Waals surface area (Å²) in [5.41, 5.74) is 7.63. The van der Waals surface area contributed by atoms with Crippen molar-refractivity contribution in [2.45, 2.75) is 12.2 Å². The minimum absolute atomic E-state index is 0. The van der Waals surface area contributed by atoms with Gasteiger partial charge in [0.05, 0.1) is 5.69 Å². The van der Waals surface area contributed by atoms with E-state index >= 15 is 0 Å². The molecule has 3 rings (SSSR count). The van der Waals surface area contributed by atoms with Crippen molar-refractivity contribution < 1.29 is 0 Å². The van der Waals surface area contributed by atoms with Crippen molar-refractivity contribution in [2.24, 2.45) is 5.73 Å². The predicted molar refractivity (Wildman–Crippen MR) is 136 cm³/mol. The lowest BCUT2D eigenvalue weighted by atomic mass is 10.1. The van der Waals surface area contributed by atoms with Crippen LogP contribution in [-0.2, 0) is 12.2 Å². The first-order valence-electron chi connectivity index (χ1n) is 8.44. The highest BCUT2D eigenvalue weighted by Crippen LogP contribution is 2.19. The SMILES string of the molecule is Cl.Cl.Cl.N=C(N)Nc1nc(CSCCNc2ncc(Cc3cccnc3)c(=O)[nH]2)cs1. The first-order chi connectivity index (χ1) is 13.6. The van der Waals surface area contributed by atoms with E-state index in [1.807, 2.05) is 17.5 Å². The minimum atomic E-state index is -0.151. The van der Waals surface area contributed by atoms with Crippen LogP contribution in [0.15, 0.2) is 40.9 Å². The second kappa shape index (κ2) is 14.9. The summed E-state index contributed by atoms with van der Waals surface area (Å²) in [5.74, 6) is 1.92. The van der Waals surface area contributed by atoms with Gasteiger partial charge in [0.1, 0.15) is 0 Å². The number of aromatic nitrogens is 4. The molecule has 170 valence electrons. The molecule has 3 aromatic rings. The van der Waals surface area contributed by atoms with Crippen LogP contribution in [0, 0.1) is 5.41 Å². The maximum absolute atomic E-state index is 12.2. The zero-order valence-electron chi connectivity index (χ0n) is 16.2. The number of thioether (sulfide) groups is 1. The average Bonchev–Trinajstić information content (AvgIpc) is 3.11. The van der Waals surface area contributed by atoms with Gasteiger partial charge in [-0.15, -0.1) is 48.6 Å². The summed E-state index contributed by atoms with van der Waals surface area (Å²) in [7, 11) is 0. The normalized spacial score (nSPS) is 9.55. The highest BCUT2D eigenvalue weighted by molar-refractivity contribution is 7.98. The van der Waals surface area contributed by atoms with Crippen LogP contribution < -0.4 is 21.9 Å². The van der Waals surface area contributed by atoms with E-state index in [4.69, 9.17) is 11.1 Å². The van der Waals surface area contributed by atoms with Crippen LogP contribution >= 0.6 is 60.3 Å². The Balaban J connectivity index is 0.00000300. The quantitative estimate of drug-likeness (QED) is 0.163. The van der Waals surface area contributed by atoms with E-state index in [0.29, 0.717) is 29.6 Å². The van der Waals surface area contributed by atoms with Gasteiger partial charge in [-0.05, 0) is 11.6 Å². The summed E-state index contributed by atoms with van der Waals surface area (Å²) in [5, 5.41) is 15.5. The van der Waals surface area contributed by atoms with E-state index in [9.17, 15) is 4.79 Å². The molecule has 0 bridgehead atoms. The third-order valence-electron chi connectivity index (χ3n) is 3.57. The van der Waals surface area contributed by atoms with Crippen molar-refractivity contribution in [3.05, 3.63) is 63.3 Å². The van der Waals surface area contributed by atoms with Gasteiger partial charge >= 0.3 is 0 Å². The summed E-state index contributed by atoms with van der Waals surface area (Å²) in [6.45, 7) is 0.665. The molecule has 0 aliphatic rings. The van der Waals surface area contributed by atoms with Crippen LogP contribution in [0.25, 0.3) is 0 Å². The van der Waals surface area contributed by atoms with Gasteiger partial charge in [-0.25, -0.2) is 9.97 Å². The molecule has 14 heteroatoms. The largest absolute Gasteiger partial charge is 0.370 e. The summed E-state index contributed by atoms with van der Waals surface area (Å²) in [6, 6.07) is 3.77. The first-order valence-corrected chi connectivity index (χ1v) is 10.5. The maximum Gasteiger partial charge on any atom is 0.255 e. The van der Waals surface area contributed by atoms with Crippen molar-refractivity contribution in [1.82, 2.24) is 19.9 Å². The number of hydrogen-bond donors (Lipinski definition) is 5. The molecule has 0 fully saturated rings. The number of hydrogen-bond acceptors (Lipinski definition) is 8. The number of rotatable bonds is 9. The molecule has 0 aromatic carbocycles. The third kappa shape index (κ3) is 9.74. The van der Waals surface area contributed by atoms with Gasteiger partial charge < -0.3 is 16.4 Å². The van der Waals surface area contributed by atoms with Crippen molar-refractivity contribution in [2.75, 3.05) is 22.9 Å². The standard InChI is InChI=1S/C17H20N8OS2.3ClH/c18-15(19)25-17-23-13(10-28-17)9-27-5-4-21-16-22-8-12(14(26)24-16)6-11-2-1-3-20-7-11;;;/h1-3,7-8,10H,4-6,9H2,(H4,18,19,23,25)(H2,21,22,24,26);3*1H. The smallest absolute Gasteiger partial charge is 0.255 e. The molecule has 9 nitrogen and oxygen atoms in total. The van der Waals surface area contributed by atoms with Gasteiger partial charge in [0, 0.05) is 54.0 Å². The topological polar surface area (TPSA) is 145 Å². The Hall–Kier alpha value is -2.05. The molecule has 6 N–H and O–H groups in total. The molecular weight excluding hydrogens is 503 g/mol. The molecule has 0 aliphatic heterocycles. The van der Waals surface area contributed by atoms with E-state index in [0.717, 1.165) is 22.8 Å². The van der Waals surface area contributed by atoms with Crippen molar-refractivity contribution in [3.63, 3.8) is 0 Å². The lowest BCUT2D eigenvalue weighted by Gasteiger charge is -2.06. The van der Waals surface area contributed by atoms with Gasteiger partial charge in [0.15, 0.2) is 11.1 Å². The second-order valence-corrected chi connectivity index (χ2v) is 7.75. The number of aromatic amines is 1. The van der Waals surface area contributed by atoms with Crippen LogP contribution in [0.1, 0.15) is 16.8 Å². The summed E-state index contributed by atoms with van der Waals surface area (Å²) in [4.78, 5) is 27.6. The predicted octanol–water partition coefficient (Wildman–Crippen LogP) is 3.13. The fourth-order valence-electron chi connectivity index (χ4n) is 2.32. The lowest BCUT2D eigenvalue weighted by molar-refractivity contribution is 1.00. The Morgan fingerprint density at radius 3 is 2.77 bits per heavy atom. The number of pyridine rings is 1. The zero-order chi connectivity index (χ0) is 19.8. The van der Waals surface area contributed by atoms with Gasteiger partial charge in [0.2, 0.25) is 5.95 Å². The van der Waals surface area contributed by atoms with E-state index in [-0.39, 0.29) is 48.7 Å². The fraction of sp³-hybridized carbons (Fsp3) is 0.235. The average molecular weight is 526 g/mol. The molecule has 3 aromatic heterocycles. The van der Waals surface area contributed by atoms with Gasteiger partial charge in [-0.1, -0.05) is 6.07 Å². The number of guanidine groups is 1. The molecule has 0 amide bonds. The monoisotopic (exact) mass is 524 g/mol. The number of anilines is 2. The lowest BCUT2D eigenvalue weighted by Crippen LogP contribution is -2.20. The zero-order valence-corrected chi connectivity index (χ0v) is 20.2. The Bertz CT molecular complexity index is 987. The minimum Gasteiger partial charge on any atom is -0.370 e. The van der Waals surface area contributed by atoms with Crippen molar-refractivity contribution in [1.29, 1.82) is 5.41 Å². The van der Waals surface area contributed by atoms with Crippen LogP contribution in [0.5, 0.6) is 0 Å². The number of nitrogens with one attached hydrogen (secondary N) is 4. The second-order valence-electron chi connectivity index (χ2n) is 5.79. The van der Waals surface area contributed by atoms with E-state index in [1.165, 1.54) is 11.3 Å². The van der Waals surface area contributed by atoms with Gasteiger partial charge in [0.25, 0.3) is 5.56 Å². The van der Waals surface area contributed by atoms with Crippen LogP contribution in [0.4, 0.5) is 11.1 Å². The van der Waals surface area contributed by atoms with E-state index in [1.54, 1.807) is 30.4 Å². The number of thiazole rings is 1. The molecule has 0 spiro atoms. The molecule has 0 saturated heterocycles. The molecule has 0 atom stereocenters. The van der Waals surface area contributed by atoms with E-state index in [2.05, 4.69) is 30.6 Å². The Morgan fingerprint density at radius 1 is 1.29 bits per heavy atom. The van der Waals surface area contributed by atoms with Crippen molar-refractivity contribution >= 4 is 77.4 Å². The first kappa shape index (κ1) is 28.9. The summed E-state index contributed by atoms with van der Waals surface area (Å²) in [6.07, 6.45) is 5.54. The van der Waals surface area contributed by atoms with Gasteiger partial charge in [-0.2, -0.15) is 11.8 Å². The number of H-pyrrole nitrogens is 1. The molecule has 0 saturated carbocycles. The van der Waals surface area contributed by atoms with E-state index < -0.39 is 0 Å². The van der Waals surface area contributed by atoms with Crippen LogP contribution in [0.3, 0.4) is 0 Å². The fourth-order valence-corrected chi connectivity index (χ4v) is 3.90. The Labute approximate surface area is 206 Å². The van der Waals surface area contributed by atoms with Crippen LogP contribution in [0.2, 0.25) is 0 Å². The Kier molecular flexibility index (Phi) is 13.9. The summed E-state index contributed by atoms with van der Waals surface area (Å²) >= 11 is 3.13. The summed E-state index contributed by atoms with van der Waals surface area (Å²) < 4.78 is 0. The highest BCUT2D eigenvalue weighted by Gasteiger charge is 2.05. The number of nitrogens with zero attached hydrogens (tertiary/aromatic N) is 3. The molecule has 0 unspecified atom stereocenters. The molecular formula is C17H23Cl3N8OS2. The highest BCUT2D eigenvalue weighted by atomic mass is 35.5. The number of halogens is 3. The van der Waals surface area contributed by atoms with Crippen LogP contribution in [-0.4, -0.2) is 38.2 Å². The molecule has 0 radical (unpaired) electrons. The van der Waals surface area contributed by atoms with Gasteiger partial charge in [-0.3, -0.25) is 20.2 Å². The number of nitrogens with two attached hydrogens (primary N) is 1. The Morgan fingerprint density at radius 2 is 2.10 bits per heavy atom. The third-order valence-corrected chi connectivity index (χ3v) is 5.37.